The van der Waals surface area contributed by atoms with E-state index in [9.17, 15) is 14.0 Å². The molecule has 20 heavy (non-hydrogen) atoms. The van der Waals surface area contributed by atoms with Crippen LogP contribution in [-0.4, -0.2) is 30.3 Å². The molecule has 1 fully saturated rings. The topological polar surface area (TPSA) is 49.4 Å². The second kappa shape index (κ2) is 5.86. The van der Waals surface area contributed by atoms with Gasteiger partial charge in [-0.15, -0.1) is 6.58 Å². The van der Waals surface area contributed by atoms with E-state index in [1.54, 1.807) is 30.2 Å². The summed E-state index contributed by atoms with van der Waals surface area (Å²) >= 11 is 0. The second-order valence-corrected chi connectivity index (χ2v) is 4.85. The van der Waals surface area contributed by atoms with E-state index in [-0.39, 0.29) is 30.1 Å². The number of nitrogens with zero attached hydrogens (tertiary/aromatic N) is 1. The first-order valence-corrected chi connectivity index (χ1v) is 6.44. The molecule has 2 rings (SSSR count). The Morgan fingerprint density at radius 1 is 1.50 bits per heavy atom. The van der Waals surface area contributed by atoms with Gasteiger partial charge in [0.05, 0.1) is 12.0 Å². The number of carbonyl (C=O) groups is 2. The number of rotatable bonds is 4. The van der Waals surface area contributed by atoms with Gasteiger partial charge in [0, 0.05) is 20.0 Å². The van der Waals surface area contributed by atoms with Gasteiger partial charge in [-0.05, 0) is 17.7 Å². The molecular weight excluding hydrogens is 259 g/mol. The van der Waals surface area contributed by atoms with Crippen LogP contribution in [0.25, 0.3) is 0 Å². The summed E-state index contributed by atoms with van der Waals surface area (Å²) in [4.78, 5) is 25.5. The van der Waals surface area contributed by atoms with Crippen LogP contribution in [-0.2, 0) is 9.59 Å². The normalized spacial score (nSPS) is 21.9. The fourth-order valence-electron chi connectivity index (χ4n) is 2.52. The summed E-state index contributed by atoms with van der Waals surface area (Å²) in [6, 6.07) is 5.55. The number of likely N-dealkylation sites (tertiary alicyclic amines) is 1. The van der Waals surface area contributed by atoms with Crippen molar-refractivity contribution in [1.82, 2.24) is 10.2 Å². The number of halogens is 1. The molecule has 1 aliphatic heterocycles. The van der Waals surface area contributed by atoms with Crippen LogP contribution in [0.4, 0.5) is 4.39 Å². The predicted molar refractivity (Wildman–Crippen MR) is 73.2 cm³/mol. The number of nitrogens with one attached hydrogen (secondary N) is 1. The Hall–Kier alpha value is -2.17. The lowest BCUT2D eigenvalue weighted by molar-refractivity contribution is -0.128. The molecule has 2 amide bonds. The fraction of sp³-hybridized carbons (Fsp3) is 0.333. The third kappa shape index (κ3) is 2.71. The van der Waals surface area contributed by atoms with Crippen LogP contribution in [0.5, 0.6) is 0 Å². The second-order valence-electron chi connectivity index (χ2n) is 4.85. The summed E-state index contributed by atoms with van der Waals surface area (Å²) in [6.45, 7) is 3.91. The van der Waals surface area contributed by atoms with E-state index >= 15 is 0 Å². The molecule has 1 N–H and O–H groups in total. The average Bonchev–Trinajstić information content (AvgIpc) is 2.73. The molecule has 106 valence electrons. The van der Waals surface area contributed by atoms with Gasteiger partial charge < -0.3 is 10.2 Å². The van der Waals surface area contributed by atoms with E-state index in [0.29, 0.717) is 6.54 Å². The number of carbonyl (C=O) groups excluding carboxylic acids is 2. The summed E-state index contributed by atoms with van der Waals surface area (Å²) in [7, 11) is 1.66. The van der Waals surface area contributed by atoms with Crippen molar-refractivity contribution in [2.75, 3.05) is 13.6 Å². The molecule has 0 saturated carbocycles. The first kappa shape index (κ1) is 14.2. The average molecular weight is 276 g/mol. The quantitative estimate of drug-likeness (QED) is 0.850. The van der Waals surface area contributed by atoms with Gasteiger partial charge >= 0.3 is 0 Å². The van der Waals surface area contributed by atoms with Crippen molar-refractivity contribution in [2.24, 2.45) is 5.92 Å². The van der Waals surface area contributed by atoms with Gasteiger partial charge in [-0.1, -0.05) is 18.2 Å². The third-order valence-electron chi connectivity index (χ3n) is 3.56. The lowest BCUT2D eigenvalue weighted by Crippen LogP contribution is -2.34. The smallest absolute Gasteiger partial charge is 0.226 e. The molecule has 0 aromatic heterocycles. The molecule has 0 unspecified atom stereocenters. The maximum absolute atomic E-state index is 13.0. The summed E-state index contributed by atoms with van der Waals surface area (Å²) in [6.07, 6.45) is 1.76. The molecule has 5 heteroatoms. The summed E-state index contributed by atoms with van der Waals surface area (Å²) in [5, 5.41) is 2.72. The van der Waals surface area contributed by atoms with Gasteiger partial charge in [-0.25, -0.2) is 4.39 Å². The van der Waals surface area contributed by atoms with E-state index in [4.69, 9.17) is 0 Å². The Kier molecular flexibility index (Phi) is 4.17. The van der Waals surface area contributed by atoms with Crippen molar-refractivity contribution in [1.29, 1.82) is 0 Å². The van der Waals surface area contributed by atoms with Crippen LogP contribution in [0.2, 0.25) is 0 Å². The first-order valence-electron chi connectivity index (χ1n) is 6.44. The monoisotopic (exact) mass is 276 g/mol. The van der Waals surface area contributed by atoms with E-state index < -0.39 is 5.92 Å². The van der Waals surface area contributed by atoms with Crippen LogP contribution in [0, 0.1) is 11.7 Å². The molecule has 1 heterocycles. The first-order chi connectivity index (χ1) is 9.54. The Morgan fingerprint density at radius 3 is 2.75 bits per heavy atom. The predicted octanol–water partition coefficient (Wildman–Crippen LogP) is 1.65. The van der Waals surface area contributed by atoms with Crippen molar-refractivity contribution < 1.29 is 14.0 Å². The highest BCUT2D eigenvalue weighted by molar-refractivity contribution is 5.90. The number of hydrogen-bond acceptors (Lipinski definition) is 2. The van der Waals surface area contributed by atoms with Gasteiger partial charge in [-0.2, -0.15) is 0 Å². The summed E-state index contributed by atoms with van der Waals surface area (Å²) in [5.41, 5.74) is 0.763. The van der Waals surface area contributed by atoms with Gasteiger partial charge in [-0.3, -0.25) is 9.59 Å². The molecule has 2 atom stereocenters. The van der Waals surface area contributed by atoms with Crippen molar-refractivity contribution in [3.63, 3.8) is 0 Å². The summed E-state index contributed by atoms with van der Waals surface area (Å²) in [5.74, 6) is -1.07. The zero-order chi connectivity index (χ0) is 14.7. The number of amides is 2. The Morgan fingerprint density at radius 2 is 2.15 bits per heavy atom. The molecule has 1 aromatic carbocycles. The molecule has 1 saturated heterocycles. The van der Waals surface area contributed by atoms with Gasteiger partial charge in [0.1, 0.15) is 5.82 Å². The lowest BCUT2D eigenvalue weighted by Gasteiger charge is -2.24. The standard InChI is InChI=1S/C15H17FN2O2/c1-3-8-17-15(20)12-9-13(19)18(2)14(12)10-4-6-11(16)7-5-10/h3-7,12,14H,1,8-9H2,2H3,(H,17,20)/t12-,14+/m0/s1. The minimum Gasteiger partial charge on any atom is -0.352 e. The van der Waals surface area contributed by atoms with Gasteiger partial charge in [0.25, 0.3) is 0 Å². The summed E-state index contributed by atoms with van der Waals surface area (Å²) < 4.78 is 13.0. The molecule has 1 aliphatic rings. The number of hydrogen-bond donors (Lipinski definition) is 1. The zero-order valence-corrected chi connectivity index (χ0v) is 11.3. The third-order valence-corrected chi connectivity index (χ3v) is 3.56. The highest BCUT2D eigenvalue weighted by atomic mass is 19.1. The van der Waals surface area contributed by atoms with Gasteiger partial charge in [0.2, 0.25) is 11.8 Å². The molecule has 4 nitrogen and oxygen atoms in total. The van der Waals surface area contributed by atoms with E-state index in [0.717, 1.165) is 5.56 Å². The van der Waals surface area contributed by atoms with Crippen molar-refractivity contribution in [3.8, 4) is 0 Å². The van der Waals surface area contributed by atoms with E-state index in [1.165, 1.54) is 12.1 Å². The van der Waals surface area contributed by atoms with Crippen molar-refractivity contribution >= 4 is 11.8 Å². The molecule has 0 spiro atoms. The highest BCUT2D eigenvalue weighted by Crippen LogP contribution is 2.37. The molecular formula is C15H17FN2O2. The Balaban J connectivity index is 2.26. The van der Waals surface area contributed by atoms with Crippen molar-refractivity contribution in [3.05, 3.63) is 48.3 Å². The molecule has 0 aliphatic carbocycles. The highest BCUT2D eigenvalue weighted by Gasteiger charge is 2.42. The van der Waals surface area contributed by atoms with Crippen LogP contribution >= 0.6 is 0 Å². The minimum absolute atomic E-state index is 0.0851. The Bertz CT molecular complexity index is 527. The van der Waals surface area contributed by atoms with Crippen LogP contribution in [0.15, 0.2) is 36.9 Å². The SMILES string of the molecule is C=CCNC(=O)[C@H]1CC(=O)N(C)[C@@H]1c1ccc(F)cc1. The molecule has 0 radical (unpaired) electrons. The van der Waals surface area contributed by atoms with Gasteiger partial charge in [0.15, 0.2) is 0 Å². The minimum atomic E-state index is -0.460. The maximum Gasteiger partial charge on any atom is 0.226 e. The lowest BCUT2D eigenvalue weighted by atomic mass is 9.93. The maximum atomic E-state index is 13.0. The molecule has 0 bridgehead atoms. The van der Waals surface area contributed by atoms with Crippen molar-refractivity contribution in [2.45, 2.75) is 12.5 Å². The van der Waals surface area contributed by atoms with E-state index in [2.05, 4.69) is 11.9 Å². The number of benzene rings is 1. The van der Waals surface area contributed by atoms with Crippen LogP contribution in [0.3, 0.4) is 0 Å². The zero-order valence-electron chi connectivity index (χ0n) is 11.3. The van der Waals surface area contributed by atoms with Crippen LogP contribution in [0.1, 0.15) is 18.0 Å². The molecule has 1 aromatic rings. The van der Waals surface area contributed by atoms with Crippen LogP contribution < -0.4 is 5.32 Å². The fourth-order valence-corrected chi connectivity index (χ4v) is 2.52. The Labute approximate surface area is 117 Å². The largest absolute Gasteiger partial charge is 0.352 e. The van der Waals surface area contributed by atoms with E-state index in [1.807, 2.05) is 0 Å².